The lowest BCUT2D eigenvalue weighted by Gasteiger charge is -2.13. The van der Waals surface area contributed by atoms with Crippen LogP contribution in [-0.2, 0) is 0 Å². The summed E-state index contributed by atoms with van der Waals surface area (Å²) in [4.78, 5) is 4.63. The van der Waals surface area contributed by atoms with Gasteiger partial charge in [-0.25, -0.2) is 0 Å². The van der Waals surface area contributed by atoms with Crippen molar-refractivity contribution in [2.45, 2.75) is 5.92 Å². The van der Waals surface area contributed by atoms with Gasteiger partial charge < -0.3 is 4.52 Å². The molecule has 3 aromatic carbocycles. The Morgan fingerprint density at radius 1 is 0.720 bits per heavy atom. The van der Waals surface area contributed by atoms with Crippen LogP contribution in [0.5, 0.6) is 0 Å². The highest BCUT2D eigenvalue weighted by Gasteiger charge is 2.23. The molecule has 0 unspecified atom stereocenters. The van der Waals surface area contributed by atoms with Crippen LogP contribution < -0.4 is 0 Å². The van der Waals surface area contributed by atoms with Crippen LogP contribution >= 0.6 is 11.6 Å². The summed E-state index contributed by atoms with van der Waals surface area (Å²) in [5.74, 6) is 0.927. The molecule has 0 N–H and O–H groups in total. The zero-order valence-corrected chi connectivity index (χ0v) is 14.1. The van der Waals surface area contributed by atoms with Gasteiger partial charge in [0, 0.05) is 5.56 Å². The Morgan fingerprint density at radius 3 is 1.88 bits per heavy atom. The van der Waals surface area contributed by atoms with Crippen molar-refractivity contribution in [2.75, 3.05) is 0 Å². The predicted octanol–water partition coefficient (Wildman–Crippen LogP) is 5.57. The van der Waals surface area contributed by atoms with Crippen LogP contribution in [0.3, 0.4) is 0 Å². The molecule has 0 spiro atoms. The van der Waals surface area contributed by atoms with Crippen molar-refractivity contribution in [3.63, 3.8) is 0 Å². The van der Waals surface area contributed by atoms with Gasteiger partial charge in [0.25, 0.3) is 0 Å². The van der Waals surface area contributed by atoms with E-state index in [1.54, 1.807) is 0 Å². The van der Waals surface area contributed by atoms with Gasteiger partial charge in [0.05, 0.1) is 10.9 Å². The van der Waals surface area contributed by atoms with E-state index in [0.717, 1.165) is 16.7 Å². The average Bonchev–Trinajstić information content (AvgIpc) is 3.13. The molecule has 0 amide bonds. The fourth-order valence-electron chi connectivity index (χ4n) is 2.87. The number of nitrogens with zero attached hydrogens (tertiary/aromatic N) is 2. The summed E-state index contributed by atoms with van der Waals surface area (Å²) in [6.45, 7) is 0. The molecule has 0 radical (unpaired) electrons. The third-order valence-corrected chi connectivity index (χ3v) is 4.40. The van der Waals surface area contributed by atoms with Crippen LogP contribution in [0.2, 0.25) is 5.02 Å². The van der Waals surface area contributed by atoms with E-state index < -0.39 is 0 Å². The molecular formula is C21H15ClN2O. The molecular weight excluding hydrogens is 332 g/mol. The first-order valence-electron chi connectivity index (χ1n) is 8.01. The predicted molar refractivity (Wildman–Crippen MR) is 98.6 cm³/mol. The van der Waals surface area contributed by atoms with E-state index in [1.165, 1.54) is 0 Å². The Kier molecular flexibility index (Phi) is 4.32. The fraction of sp³-hybridized carbons (Fsp3) is 0.0476. The second-order valence-electron chi connectivity index (χ2n) is 5.69. The molecule has 0 saturated heterocycles. The molecule has 1 heterocycles. The zero-order valence-electron chi connectivity index (χ0n) is 13.3. The van der Waals surface area contributed by atoms with Crippen LogP contribution in [0, 0.1) is 0 Å². The Balaban J connectivity index is 1.80. The largest absolute Gasteiger partial charge is 0.338 e. The van der Waals surface area contributed by atoms with E-state index in [0.29, 0.717) is 16.7 Å². The molecule has 4 rings (SSSR count). The second-order valence-corrected chi connectivity index (χ2v) is 6.10. The Bertz CT molecular complexity index is 928. The Hall–Kier alpha value is -2.91. The Morgan fingerprint density at radius 2 is 1.28 bits per heavy atom. The number of hydrogen-bond donors (Lipinski definition) is 0. The van der Waals surface area contributed by atoms with E-state index in [-0.39, 0.29) is 5.92 Å². The third-order valence-electron chi connectivity index (χ3n) is 4.07. The number of rotatable bonds is 4. The van der Waals surface area contributed by atoms with E-state index in [1.807, 2.05) is 60.7 Å². The molecule has 4 heteroatoms. The average molecular weight is 347 g/mol. The standard InChI is InChI=1S/C21H15ClN2O/c22-18-14-8-7-13-17(18)20-23-21(25-24-20)19(15-9-3-1-4-10-15)16-11-5-2-6-12-16/h1-14,19H. The molecule has 4 aromatic rings. The van der Waals surface area contributed by atoms with Crippen molar-refractivity contribution in [1.82, 2.24) is 10.1 Å². The fourth-order valence-corrected chi connectivity index (χ4v) is 3.09. The topological polar surface area (TPSA) is 38.9 Å². The highest BCUT2D eigenvalue weighted by molar-refractivity contribution is 6.33. The summed E-state index contributed by atoms with van der Waals surface area (Å²) in [7, 11) is 0. The number of aromatic nitrogens is 2. The smallest absolute Gasteiger partial charge is 0.238 e. The summed E-state index contributed by atoms with van der Waals surface area (Å²) in [6, 6.07) is 27.8. The maximum absolute atomic E-state index is 6.26. The molecule has 1 aromatic heterocycles. The molecule has 0 atom stereocenters. The van der Waals surface area contributed by atoms with E-state index >= 15 is 0 Å². The highest BCUT2D eigenvalue weighted by Crippen LogP contribution is 2.33. The molecule has 0 fully saturated rings. The van der Waals surface area contributed by atoms with E-state index in [9.17, 15) is 0 Å². The lowest BCUT2D eigenvalue weighted by atomic mass is 9.91. The van der Waals surface area contributed by atoms with Gasteiger partial charge >= 0.3 is 0 Å². The zero-order chi connectivity index (χ0) is 17.1. The van der Waals surface area contributed by atoms with E-state index in [2.05, 4.69) is 34.4 Å². The maximum atomic E-state index is 6.26. The first-order valence-corrected chi connectivity index (χ1v) is 8.39. The molecule has 0 aliphatic carbocycles. The Labute approximate surface area is 150 Å². The molecule has 3 nitrogen and oxygen atoms in total. The second kappa shape index (κ2) is 6.91. The van der Waals surface area contributed by atoms with Gasteiger partial charge in [-0.05, 0) is 23.3 Å². The summed E-state index contributed by atoms with van der Waals surface area (Å²) in [6.07, 6.45) is 0. The van der Waals surface area contributed by atoms with Crippen molar-refractivity contribution in [1.29, 1.82) is 0 Å². The van der Waals surface area contributed by atoms with Gasteiger partial charge in [-0.2, -0.15) is 4.98 Å². The summed E-state index contributed by atoms with van der Waals surface area (Å²) in [5.41, 5.74) is 2.96. The van der Waals surface area contributed by atoms with Gasteiger partial charge in [-0.15, -0.1) is 0 Å². The lowest BCUT2D eigenvalue weighted by molar-refractivity contribution is 0.375. The van der Waals surface area contributed by atoms with Crippen LogP contribution in [0.1, 0.15) is 22.9 Å². The minimum absolute atomic E-state index is 0.119. The molecule has 0 aliphatic heterocycles. The normalized spacial score (nSPS) is 11.0. The SMILES string of the molecule is Clc1ccccc1-c1noc(C(c2ccccc2)c2ccccc2)n1. The quantitative estimate of drug-likeness (QED) is 0.485. The monoisotopic (exact) mass is 346 g/mol. The van der Waals surface area contributed by atoms with Crippen molar-refractivity contribution in [2.24, 2.45) is 0 Å². The molecule has 0 aliphatic rings. The first kappa shape index (κ1) is 15.6. The minimum Gasteiger partial charge on any atom is -0.338 e. The van der Waals surface area contributed by atoms with Gasteiger partial charge in [0.1, 0.15) is 0 Å². The van der Waals surface area contributed by atoms with Gasteiger partial charge in [-0.1, -0.05) is 89.6 Å². The molecule has 25 heavy (non-hydrogen) atoms. The summed E-state index contributed by atoms with van der Waals surface area (Å²) < 4.78 is 5.63. The maximum Gasteiger partial charge on any atom is 0.238 e. The third kappa shape index (κ3) is 3.19. The van der Waals surface area contributed by atoms with Crippen LogP contribution in [0.25, 0.3) is 11.4 Å². The highest BCUT2D eigenvalue weighted by atomic mass is 35.5. The number of halogens is 1. The van der Waals surface area contributed by atoms with Crippen molar-refractivity contribution >= 4 is 11.6 Å². The van der Waals surface area contributed by atoms with Gasteiger partial charge in [0.15, 0.2) is 0 Å². The summed E-state index contributed by atoms with van der Waals surface area (Å²) in [5, 5.41) is 4.75. The van der Waals surface area contributed by atoms with Crippen LogP contribution in [-0.4, -0.2) is 10.1 Å². The van der Waals surface area contributed by atoms with Crippen LogP contribution in [0.4, 0.5) is 0 Å². The minimum atomic E-state index is -0.119. The lowest BCUT2D eigenvalue weighted by Crippen LogP contribution is -2.03. The van der Waals surface area contributed by atoms with Crippen molar-refractivity contribution < 1.29 is 4.52 Å². The van der Waals surface area contributed by atoms with Crippen molar-refractivity contribution in [3.05, 3.63) is 107 Å². The first-order chi connectivity index (χ1) is 12.3. The van der Waals surface area contributed by atoms with E-state index in [4.69, 9.17) is 16.1 Å². The molecule has 0 bridgehead atoms. The number of benzene rings is 3. The molecule has 0 saturated carbocycles. The van der Waals surface area contributed by atoms with Crippen molar-refractivity contribution in [3.8, 4) is 11.4 Å². The van der Waals surface area contributed by atoms with Gasteiger partial charge in [0.2, 0.25) is 11.7 Å². The van der Waals surface area contributed by atoms with Crippen LogP contribution in [0.15, 0.2) is 89.5 Å². The summed E-state index contributed by atoms with van der Waals surface area (Å²) >= 11 is 6.26. The van der Waals surface area contributed by atoms with Gasteiger partial charge in [-0.3, -0.25) is 0 Å². The number of hydrogen-bond acceptors (Lipinski definition) is 3. The molecule has 122 valence electrons.